The smallest absolute Gasteiger partial charge is 0.274 e. The second-order valence-electron chi connectivity index (χ2n) is 6.55. The van der Waals surface area contributed by atoms with Crippen LogP contribution in [0.2, 0.25) is 0 Å². The molecule has 0 aliphatic carbocycles. The Labute approximate surface area is 155 Å². The Balaban J connectivity index is 1.43. The Bertz CT molecular complexity index is 681. The molecule has 0 saturated carbocycles. The van der Waals surface area contributed by atoms with E-state index in [9.17, 15) is 4.79 Å². The van der Waals surface area contributed by atoms with Crippen LogP contribution in [0.15, 0.2) is 42.5 Å². The van der Waals surface area contributed by atoms with Gasteiger partial charge >= 0.3 is 0 Å². The van der Waals surface area contributed by atoms with Crippen LogP contribution in [-0.2, 0) is 6.42 Å². The summed E-state index contributed by atoms with van der Waals surface area (Å²) in [5.74, 6) is 0.689. The van der Waals surface area contributed by atoms with Crippen molar-refractivity contribution in [2.45, 2.75) is 19.8 Å². The van der Waals surface area contributed by atoms with Crippen LogP contribution in [0.4, 0.5) is 5.82 Å². The molecular weight excluding hydrogens is 326 g/mol. The van der Waals surface area contributed by atoms with E-state index in [2.05, 4.69) is 51.6 Å². The Kier molecular flexibility index (Phi) is 6.55. The van der Waals surface area contributed by atoms with Crippen LogP contribution in [0.25, 0.3) is 0 Å². The van der Waals surface area contributed by atoms with Gasteiger partial charge in [-0.25, -0.2) is 0 Å². The van der Waals surface area contributed by atoms with Crippen LogP contribution in [0.5, 0.6) is 0 Å². The Morgan fingerprint density at radius 3 is 2.46 bits per heavy atom. The van der Waals surface area contributed by atoms with Gasteiger partial charge in [0.15, 0.2) is 5.69 Å². The number of carbonyl (C=O) groups excluding carboxylic acids is 1. The fraction of sp³-hybridized carbons (Fsp3) is 0.450. The van der Waals surface area contributed by atoms with E-state index in [1.54, 1.807) is 6.07 Å². The first-order valence-electron chi connectivity index (χ1n) is 9.39. The summed E-state index contributed by atoms with van der Waals surface area (Å²) in [4.78, 5) is 16.7. The molecule has 2 heterocycles. The van der Waals surface area contributed by atoms with Crippen LogP contribution in [0.1, 0.15) is 29.4 Å². The quantitative estimate of drug-likeness (QED) is 0.774. The van der Waals surface area contributed by atoms with Crippen molar-refractivity contribution in [2.75, 3.05) is 44.6 Å². The number of hydrogen-bond acceptors (Lipinski definition) is 5. The lowest BCUT2D eigenvalue weighted by atomic mass is 10.1. The number of likely N-dealkylation sites (N-methyl/N-ethyl adjacent to an activating group) is 1. The number of aromatic nitrogens is 2. The average Bonchev–Trinajstić information content (AvgIpc) is 2.72. The number of piperazine rings is 1. The molecule has 0 radical (unpaired) electrons. The number of nitrogens with zero attached hydrogens (tertiary/aromatic N) is 4. The SMILES string of the molecule is CCN1CCN(C(=O)c2ccc(NCCCc3ccccc3)nn2)CC1. The van der Waals surface area contributed by atoms with E-state index in [0.717, 1.165) is 52.1 Å². The zero-order valence-corrected chi connectivity index (χ0v) is 15.4. The van der Waals surface area contributed by atoms with Crippen molar-refractivity contribution in [3.63, 3.8) is 0 Å². The van der Waals surface area contributed by atoms with Gasteiger partial charge in [0.05, 0.1) is 0 Å². The number of benzene rings is 1. The summed E-state index contributed by atoms with van der Waals surface area (Å²) in [6, 6.07) is 14.0. The van der Waals surface area contributed by atoms with E-state index in [1.807, 2.05) is 17.0 Å². The van der Waals surface area contributed by atoms with Gasteiger partial charge in [0, 0.05) is 32.7 Å². The lowest BCUT2D eigenvalue weighted by Crippen LogP contribution is -2.48. The number of nitrogens with one attached hydrogen (secondary N) is 1. The van der Waals surface area contributed by atoms with Crippen LogP contribution in [0, 0.1) is 0 Å². The first-order chi connectivity index (χ1) is 12.8. The van der Waals surface area contributed by atoms with Crippen LogP contribution in [-0.4, -0.2) is 65.2 Å². The Hall–Kier alpha value is -2.47. The van der Waals surface area contributed by atoms with Crippen molar-refractivity contribution in [1.29, 1.82) is 0 Å². The van der Waals surface area contributed by atoms with Crippen LogP contribution < -0.4 is 5.32 Å². The second kappa shape index (κ2) is 9.29. The predicted octanol–water partition coefficient (Wildman–Crippen LogP) is 2.30. The normalized spacial score (nSPS) is 15.0. The molecule has 3 rings (SSSR count). The second-order valence-corrected chi connectivity index (χ2v) is 6.55. The number of aryl methyl sites for hydroxylation is 1. The number of rotatable bonds is 7. The summed E-state index contributed by atoms with van der Waals surface area (Å²) >= 11 is 0. The minimum atomic E-state index is -0.0242. The molecule has 6 heteroatoms. The molecule has 0 atom stereocenters. The minimum Gasteiger partial charge on any atom is -0.369 e. The summed E-state index contributed by atoms with van der Waals surface area (Å²) in [6.07, 6.45) is 2.05. The first kappa shape index (κ1) is 18.3. The number of carbonyl (C=O) groups is 1. The van der Waals surface area contributed by atoms with E-state index >= 15 is 0 Å². The molecule has 0 bridgehead atoms. The molecule has 26 heavy (non-hydrogen) atoms. The third-order valence-corrected chi connectivity index (χ3v) is 4.78. The van der Waals surface area contributed by atoms with Crippen molar-refractivity contribution in [3.8, 4) is 0 Å². The zero-order valence-electron chi connectivity index (χ0n) is 15.4. The Morgan fingerprint density at radius 2 is 1.81 bits per heavy atom. The van der Waals surface area contributed by atoms with Gasteiger partial charge < -0.3 is 15.1 Å². The maximum atomic E-state index is 12.5. The van der Waals surface area contributed by atoms with Gasteiger partial charge in [0.2, 0.25) is 0 Å². The fourth-order valence-corrected chi connectivity index (χ4v) is 3.12. The molecule has 138 valence electrons. The monoisotopic (exact) mass is 353 g/mol. The highest BCUT2D eigenvalue weighted by molar-refractivity contribution is 5.92. The van der Waals surface area contributed by atoms with E-state index in [0.29, 0.717) is 11.5 Å². The topological polar surface area (TPSA) is 61.4 Å². The molecule has 1 aliphatic rings. The molecular formula is C20H27N5O. The van der Waals surface area contributed by atoms with Crippen molar-refractivity contribution >= 4 is 11.7 Å². The van der Waals surface area contributed by atoms with Gasteiger partial charge in [-0.2, -0.15) is 0 Å². The molecule has 0 unspecified atom stereocenters. The molecule has 1 saturated heterocycles. The van der Waals surface area contributed by atoms with Gasteiger partial charge in [-0.1, -0.05) is 37.3 Å². The minimum absolute atomic E-state index is 0.0242. The molecule has 1 fully saturated rings. The largest absolute Gasteiger partial charge is 0.369 e. The molecule has 1 aromatic heterocycles. The lowest BCUT2D eigenvalue weighted by molar-refractivity contribution is 0.0636. The molecule has 1 amide bonds. The van der Waals surface area contributed by atoms with Gasteiger partial charge in [0.1, 0.15) is 5.82 Å². The third-order valence-electron chi connectivity index (χ3n) is 4.78. The van der Waals surface area contributed by atoms with Gasteiger partial charge in [-0.15, -0.1) is 10.2 Å². The summed E-state index contributed by atoms with van der Waals surface area (Å²) in [5, 5.41) is 11.5. The Morgan fingerprint density at radius 1 is 1.04 bits per heavy atom. The highest BCUT2D eigenvalue weighted by Crippen LogP contribution is 2.09. The van der Waals surface area contributed by atoms with Gasteiger partial charge in [-0.3, -0.25) is 4.79 Å². The summed E-state index contributed by atoms with van der Waals surface area (Å²) < 4.78 is 0. The average molecular weight is 353 g/mol. The van der Waals surface area contributed by atoms with Gasteiger partial charge in [0.25, 0.3) is 5.91 Å². The van der Waals surface area contributed by atoms with Crippen molar-refractivity contribution < 1.29 is 4.79 Å². The van der Waals surface area contributed by atoms with Crippen LogP contribution in [0.3, 0.4) is 0 Å². The molecule has 1 aromatic carbocycles. The van der Waals surface area contributed by atoms with E-state index in [4.69, 9.17) is 0 Å². The van der Waals surface area contributed by atoms with Crippen molar-refractivity contribution in [1.82, 2.24) is 20.0 Å². The summed E-state index contributed by atoms with van der Waals surface area (Å²) in [5.41, 5.74) is 1.76. The fourth-order valence-electron chi connectivity index (χ4n) is 3.12. The highest BCUT2D eigenvalue weighted by Gasteiger charge is 2.22. The third kappa shape index (κ3) is 5.02. The predicted molar refractivity (Wildman–Crippen MR) is 103 cm³/mol. The highest BCUT2D eigenvalue weighted by atomic mass is 16.2. The number of hydrogen-bond donors (Lipinski definition) is 1. The maximum absolute atomic E-state index is 12.5. The standard InChI is InChI=1S/C20H27N5O/c1-2-24-13-15-25(16-14-24)20(26)18-10-11-19(23-22-18)21-12-6-9-17-7-4-3-5-8-17/h3-5,7-8,10-11H,2,6,9,12-16H2,1H3,(H,21,23). The van der Waals surface area contributed by atoms with Crippen molar-refractivity contribution in [3.05, 3.63) is 53.7 Å². The number of anilines is 1. The zero-order chi connectivity index (χ0) is 18.2. The van der Waals surface area contributed by atoms with Crippen LogP contribution >= 0.6 is 0 Å². The number of amides is 1. The van der Waals surface area contributed by atoms with E-state index < -0.39 is 0 Å². The molecule has 6 nitrogen and oxygen atoms in total. The van der Waals surface area contributed by atoms with E-state index in [1.165, 1.54) is 5.56 Å². The van der Waals surface area contributed by atoms with Gasteiger partial charge in [-0.05, 0) is 37.1 Å². The molecule has 1 N–H and O–H groups in total. The molecule has 0 spiro atoms. The van der Waals surface area contributed by atoms with Crippen molar-refractivity contribution in [2.24, 2.45) is 0 Å². The van der Waals surface area contributed by atoms with E-state index in [-0.39, 0.29) is 5.91 Å². The maximum Gasteiger partial charge on any atom is 0.274 e. The summed E-state index contributed by atoms with van der Waals surface area (Å²) in [6.45, 7) is 7.38. The molecule has 1 aliphatic heterocycles. The first-order valence-corrected chi connectivity index (χ1v) is 9.39. The summed E-state index contributed by atoms with van der Waals surface area (Å²) in [7, 11) is 0. The molecule has 2 aromatic rings. The lowest BCUT2D eigenvalue weighted by Gasteiger charge is -2.33.